The summed E-state index contributed by atoms with van der Waals surface area (Å²) in [6, 6.07) is 6.03. The zero-order chi connectivity index (χ0) is 23.2. The van der Waals surface area contributed by atoms with E-state index in [1.807, 2.05) is 38.1 Å². The number of para-hydroxylation sites is 2. The van der Waals surface area contributed by atoms with Gasteiger partial charge in [0.2, 0.25) is 10.0 Å². The third kappa shape index (κ3) is 6.40. The molecule has 3 N–H and O–H groups in total. The van der Waals surface area contributed by atoms with Gasteiger partial charge in [-0.1, -0.05) is 18.2 Å². The lowest BCUT2D eigenvalue weighted by molar-refractivity contribution is 0.272. The van der Waals surface area contributed by atoms with Crippen LogP contribution in [0.4, 0.5) is 0 Å². The van der Waals surface area contributed by atoms with Crippen LogP contribution in [0.1, 0.15) is 23.5 Å². The SMILES string of the molecule is [2H]c1c([2H])c(OC)c(S(N)(=O)=O)c([2H])c1C[C@@H](C)NCCOc1ccccc1OCC. The third-order valence-corrected chi connectivity index (χ3v) is 4.65. The standard InChI is InChI=1S/C20H28N2O5S/c1-4-26-17-7-5-6-8-18(17)27-12-11-22-15(2)13-16-9-10-19(25-3)20(14-16)28(21,23)24/h5-10,14-15,22H,4,11-13H2,1-3H3,(H2,21,23,24)/t15-/m1/s1/i9D,10D,14D. The predicted molar refractivity (Wildman–Crippen MR) is 109 cm³/mol. The Hall–Kier alpha value is -2.29. The number of ether oxygens (including phenoxy) is 3. The Morgan fingerprint density at radius 3 is 2.46 bits per heavy atom. The highest BCUT2D eigenvalue weighted by Gasteiger charge is 2.16. The van der Waals surface area contributed by atoms with Gasteiger partial charge in [0.05, 0.1) is 17.8 Å². The Morgan fingerprint density at radius 2 is 1.86 bits per heavy atom. The first kappa shape index (κ1) is 17.8. The van der Waals surface area contributed by atoms with E-state index in [9.17, 15) is 8.42 Å². The second-order valence-electron chi connectivity index (χ2n) is 6.05. The van der Waals surface area contributed by atoms with Crippen LogP contribution in [0.2, 0.25) is 0 Å². The van der Waals surface area contributed by atoms with E-state index < -0.39 is 27.0 Å². The maximum atomic E-state index is 11.9. The molecule has 8 heteroatoms. The van der Waals surface area contributed by atoms with Crippen LogP contribution in [0.25, 0.3) is 0 Å². The largest absolute Gasteiger partial charge is 0.495 e. The van der Waals surface area contributed by atoms with Crippen molar-refractivity contribution in [2.75, 3.05) is 26.9 Å². The van der Waals surface area contributed by atoms with Crippen molar-refractivity contribution in [2.24, 2.45) is 5.14 Å². The van der Waals surface area contributed by atoms with Crippen LogP contribution in [-0.2, 0) is 16.4 Å². The molecule has 28 heavy (non-hydrogen) atoms. The third-order valence-electron chi connectivity index (χ3n) is 3.80. The molecule has 0 bridgehead atoms. The van der Waals surface area contributed by atoms with E-state index >= 15 is 0 Å². The van der Waals surface area contributed by atoms with Crippen molar-refractivity contribution in [2.45, 2.75) is 31.2 Å². The van der Waals surface area contributed by atoms with Gasteiger partial charge in [0.1, 0.15) is 17.3 Å². The molecule has 154 valence electrons. The highest BCUT2D eigenvalue weighted by molar-refractivity contribution is 7.89. The fourth-order valence-electron chi connectivity index (χ4n) is 2.55. The fraction of sp³-hybridized carbons (Fsp3) is 0.400. The van der Waals surface area contributed by atoms with E-state index in [0.717, 1.165) is 0 Å². The van der Waals surface area contributed by atoms with Crippen LogP contribution in [0.5, 0.6) is 17.2 Å². The lowest BCUT2D eigenvalue weighted by Crippen LogP contribution is -2.32. The minimum Gasteiger partial charge on any atom is -0.495 e. The molecule has 1 atom stereocenters. The van der Waals surface area contributed by atoms with Crippen molar-refractivity contribution in [1.82, 2.24) is 5.32 Å². The molecule has 0 aliphatic carbocycles. The first-order valence-corrected chi connectivity index (χ1v) is 10.4. The number of benzene rings is 2. The Labute approximate surface area is 171 Å². The number of hydrogen-bond donors (Lipinski definition) is 2. The maximum Gasteiger partial charge on any atom is 0.241 e. The molecule has 0 saturated heterocycles. The predicted octanol–water partition coefficient (Wildman–Crippen LogP) is 2.34. The zero-order valence-electron chi connectivity index (χ0n) is 19.2. The normalized spacial score (nSPS) is 13.9. The van der Waals surface area contributed by atoms with Gasteiger partial charge in [-0.2, -0.15) is 0 Å². The molecule has 0 aromatic heterocycles. The molecular weight excluding hydrogens is 380 g/mol. The average Bonchev–Trinajstić information content (AvgIpc) is 2.71. The van der Waals surface area contributed by atoms with Crippen molar-refractivity contribution >= 4 is 10.0 Å². The van der Waals surface area contributed by atoms with Gasteiger partial charge >= 0.3 is 0 Å². The number of sulfonamides is 1. The smallest absolute Gasteiger partial charge is 0.241 e. The molecule has 2 rings (SSSR count). The van der Waals surface area contributed by atoms with E-state index in [2.05, 4.69) is 5.32 Å². The van der Waals surface area contributed by atoms with E-state index in [-0.39, 0.29) is 29.8 Å². The molecule has 0 spiro atoms. The monoisotopic (exact) mass is 411 g/mol. The summed E-state index contributed by atoms with van der Waals surface area (Å²) in [5, 5.41) is 8.43. The van der Waals surface area contributed by atoms with Crippen molar-refractivity contribution in [3.8, 4) is 17.2 Å². The van der Waals surface area contributed by atoms with Gasteiger partial charge in [-0.25, -0.2) is 13.6 Å². The average molecular weight is 412 g/mol. The second kappa shape index (κ2) is 10.3. The minimum atomic E-state index is -4.30. The number of nitrogens with one attached hydrogen (secondary N) is 1. The van der Waals surface area contributed by atoms with Crippen LogP contribution in [0, 0.1) is 0 Å². The Kier molecular flexibility index (Phi) is 6.55. The van der Waals surface area contributed by atoms with Crippen molar-refractivity contribution in [3.63, 3.8) is 0 Å². The highest BCUT2D eigenvalue weighted by atomic mass is 32.2. The molecule has 0 saturated carbocycles. The molecule has 0 aliphatic heterocycles. The van der Waals surface area contributed by atoms with Crippen LogP contribution in [0.3, 0.4) is 0 Å². The molecule has 0 radical (unpaired) electrons. The van der Waals surface area contributed by atoms with Gasteiger partial charge in [0.25, 0.3) is 0 Å². The Balaban J connectivity index is 2.08. The molecule has 0 unspecified atom stereocenters. The van der Waals surface area contributed by atoms with Crippen LogP contribution < -0.4 is 24.7 Å². The Bertz CT molecular complexity index is 1020. The van der Waals surface area contributed by atoms with Gasteiger partial charge in [-0.05, 0) is 50.0 Å². The van der Waals surface area contributed by atoms with Crippen molar-refractivity contribution in [1.29, 1.82) is 0 Å². The summed E-state index contributed by atoms with van der Waals surface area (Å²) in [4.78, 5) is -0.575. The van der Waals surface area contributed by atoms with E-state index in [1.54, 1.807) is 0 Å². The molecule has 0 heterocycles. The summed E-state index contributed by atoms with van der Waals surface area (Å²) in [6.07, 6.45) is 0.158. The van der Waals surface area contributed by atoms with E-state index in [0.29, 0.717) is 31.3 Å². The van der Waals surface area contributed by atoms with Crippen LogP contribution >= 0.6 is 0 Å². The molecule has 7 nitrogen and oxygen atoms in total. The second-order valence-corrected chi connectivity index (χ2v) is 7.55. The van der Waals surface area contributed by atoms with Crippen molar-refractivity contribution < 1.29 is 26.7 Å². The first-order valence-electron chi connectivity index (χ1n) is 10.4. The maximum absolute atomic E-state index is 11.9. The lowest BCUT2D eigenvalue weighted by atomic mass is 10.1. The van der Waals surface area contributed by atoms with Gasteiger partial charge in [0, 0.05) is 12.6 Å². The molecule has 0 fully saturated rings. The van der Waals surface area contributed by atoms with Crippen LogP contribution in [-0.4, -0.2) is 41.3 Å². The summed E-state index contributed by atoms with van der Waals surface area (Å²) in [5.74, 6) is 0.906. The number of methoxy groups -OCH3 is 1. The quantitative estimate of drug-likeness (QED) is 0.551. The zero-order valence-corrected chi connectivity index (χ0v) is 17.1. The lowest BCUT2D eigenvalue weighted by Gasteiger charge is -2.16. The number of rotatable bonds is 11. The highest BCUT2D eigenvalue weighted by Crippen LogP contribution is 2.26. The van der Waals surface area contributed by atoms with E-state index in [1.165, 1.54) is 7.11 Å². The van der Waals surface area contributed by atoms with Crippen molar-refractivity contribution in [3.05, 3.63) is 48.0 Å². The number of hydrogen-bond acceptors (Lipinski definition) is 6. The van der Waals surface area contributed by atoms with Gasteiger partial charge < -0.3 is 19.5 Å². The van der Waals surface area contributed by atoms with Crippen LogP contribution in [0.15, 0.2) is 47.3 Å². The molecule has 2 aromatic rings. The van der Waals surface area contributed by atoms with Gasteiger partial charge in [-0.15, -0.1) is 0 Å². The molecule has 2 aromatic carbocycles. The van der Waals surface area contributed by atoms with Gasteiger partial charge in [0.15, 0.2) is 11.5 Å². The summed E-state index contributed by atoms with van der Waals surface area (Å²) in [6.45, 7) is 5.07. The van der Waals surface area contributed by atoms with Gasteiger partial charge in [-0.3, -0.25) is 0 Å². The summed E-state index contributed by atoms with van der Waals surface area (Å²) in [7, 11) is -3.13. The summed E-state index contributed by atoms with van der Waals surface area (Å²) < 4.78 is 64.6. The number of primary sulfonamides is 1. The van der Waals surface area contributed by atoms with E-state index in [4.69, 9.17) is 23.5 Å². The molecular formula is C20H28N2O5S. The first-order chi connectivity index (χ1) is 14.6. The number of nitrogens with two attached hydrogens (primary N) is 1. The topological polar surface area (TPSA) is 99.9 Å². The molecule has 0 aliphatic rings. The minimum absolute atomic E-state index is 0.109. The summed E-state index contributed by atoms with van der Waals surface area (Å²) >= 11 is 0. The fourth-order valence-corrected chi connectivity index (χ4v) is 3.21. The summed E-state index contributed by atoms with van der Waals surface area (Å²) in [5.41, 5.74) is 0.109. The Morgan fingerprint density at radius 1 is 1.18 bits per heavy atom. The molecule has 0 amide bonds.